The van der Waals surface area contributed by atoms with Gasteiger partial charge >= 0.3 is 0 Å². The van der Waals surface area contributed by atoms with E-state index in [9.17, 15) is 0 Å². The summed E-state index contributed by atoms with van der Waals surface area (Å²) in [6, 6.07) is 12.8. The molecule has 1 aliphatic rings. The van der Waals surface area contributed by atoms with Crippen LogP contribution in [0.2, 0.25) is 5.02 Å². The van der Waals surface area contributed by atoms with Crippen LogP contribution < -0.4 is 10.6 Å². The Hall–Kier alpha value is -1.71. The summed E-state index contributed by atoms with van der Waals surface area (Å²) < 4.78 is 0. The molecule has 1 heterocycles. The van der Waals surface area contributed by atoms with Gasteiger partial charge < -0.3 is 10.6 Å². The van der Waals surface area contributed by atoms with Crippen molar-refractivity contribution in [3.63, 3.8) is 0 Å². The number of aryl methyl sites for hydroxylation is 1. The van der Waals surface area contributed by atoms with E-state index in [0.717, 1.165) is 43.9 Å². The maximum Gasteiger partial charge on any atom is 0.0687 e. The highest BCUT2D eigenvalue weighted by molar-refractivity contribution is 6.34. The van der Waals surface area contributed by atoms with Crippen LogP contribution in [0.15, 0.2) is 36.4 Å². The second kappa shape index (κ2) is 6.81. The standard InChI is InChI=1S/C19H24ClN3/c1-14-12-17(15(2)18(20)19(14)21)23-10-8-22(9-11-23)13-16-6-4-3-5-7-16/h3-7,12H,8-11,13,21H2,1-2H3. The summed E-state index contributed by atoms with van der Waals surface area (Å²) in [6.45, 7) is 9.28. The van der Waals surface area contributed by atoms with Crippen molar-refractivity contribution in [3.05, 3.63) is 58.1 Å². The molecule has 0 radical (unpaired) electrons. The van der Waals surface area contributed by atoms with Gasteiger partial charge in [-0.1, -0.05) is 41.9 Å². The summed E-state index contributed by atoms with van der Waals surface area (Å²) >= 11 is 6.38. The molecule has 0 bridgehead atoms. The van der Waals surface area contributed by atoms with Gasteiger partial charge in [0.2, 0.25) is 0 Å². The lowest BCUT2D eigenvalue weighted by molar-refractivity contribution is 0.250. The molecule has 0 atom stereocenters. The van der Waals surface area contributed by atoms with E-state index in [4.69, 9.17) is 17.3 Å². The van der Waals surface area contributed by atoms with Crippen molar-refractivity contribution >= 4 is 23.0 Å². The molecule has 0 aliphatic carbocycles. The van der Waals surface area contributed by atoms with Crippen molar-refractivity contribution in [2.24, 2.45) is 0 Å². The number of rotatable bonds is 3. The van der Waals surface area contributed by atoms with Gasteiger partial charge in [0.1, 0.15) is 0 Å². The molecule has 1 fully saturated rings. The third-order valence-electron chi connectivity index (χ3n) is 4.69. The number of piperazine rings is 1. The van der Waals surface area contributed by atoms with Gasteiger partial charge in [-0.2, -0.15) is 0 Å². The Labute approximate surface area is 143 Å². The number of benzene rings is 2. The number of anilines is 2. The van der Waals surface area contributed by atoms with Crippen LogP contribution >= 0.6 is 11.6 Å². The molecule has 2 aromatic carbocycles. The summed E-state index contributed by atoms with van der Waals surface area (Å²) in [4.78, 5) is 4.93. The van der Waals surface area contributed by atoms with E-state index in [1.165, 1.54) is 11.3 Å². The van der Waals surface area contributed by atoms with Gasteiger partial charge in [0.15, 0.2) is 0 Å². The van der Waals surface area contributed by atoms with Crippen molar-refractivity contribution in [2.75, 3.05) is 36.8 Å². The molecule has 0 unspecified atom stereocenters. The Morgan fingerprint density at radius 3 is 2.35 bits per heavy atom. The first-order valence-electron chi connectivity index (χ1n) is 8.12. The monoisotopic (exact) mass is 329 g/mol. The maximum absolute atomic E-state index is 6.38. The zero-order valence-electron chi connectivity index (χ0n) is 13.8. The third-order valence-corrected chi connectivity index (χ3v) is 5.18. The average Bonchev–Trinajstić information content (AvgIpc) is 2.58. The lowest BCUT2D eigenvalue weighted by Crippen LogP contribution is -2.46. The van der Waals surface area contributed by atoms with E-state index in [1.807, 2.05) is 6.92 Å². The van der Waals surface area contributed by atoms with Crippen molar-refractivity contribution in [2.45, 2.75) is 20.4 Å². The first-order valence-corrected chi connectivity index (χ1v) is 8.50. The zero-order valence-corrected chi connectivity index (χ0v) is 14.6. The van der Waals surface area contributed by atoms with Crippen LogP contribution in [0, 0.1) is 13.8 Å². The van der Waals surface area contributed by atoms with Crippen LogP contribution in [-0.4, -0.2) is 31.1 Å². The second-order valence-electron chi connectivity index (χ2n) is 6.31. The van der Waals surface area contributed by atoms with Gasteiger partial charge in [0.25, 0.3) is 0 Å². The molecule has 1 aliphatic heterocycles. The summed E-state index contributed by atoms with van der Waals surface area (Å²) in [7, 11) is 0. The van der Waals surface area contributed by atoms with Crippen LogP contribution in [0.4, 0.5) is 11.4 Å². The predicted octanol–water partition coefficient (Wildman–Crippen LogP) is 3.86. The topological polar surface area (TPSA) is 32.5 Å². The van der Waals surface area contributed by atoms with Gasteiger partial charge in [-0.15, -0.1) is 0 Å². The molecule has 4 heteroatoms. The molecule has 23 heavy (non-hydrogen) atoms. The Morgan fingerprint density at radius 1 is 1.04 bits per heavy atom. The Kier molecular flexibility index (Phi) is 4.79. The first-order chi connectivity index (χ1) is 11.1. The van der Waals surface area contributed by atoms with Crippen molar-refractivity contribution in [1.29, 1.82) is 0 Å². The number of hydrogen-bond acceptors (Lipinski definition) is 3. The predicted molar refractivity (Wildman–Crippen MR) is 99.3 cm³/mol. The fraction of sp³-hybridized carbons (Fsp3) is 0.368. The minimum absolute atomic E-state index is 0.701. The maximum atomic E-state index is 6.38. The van der Waals surface area contributed by atoms with Crippen molar-refractivity contribution in [1.82, 2.24) is 4.90 Å². The Bertz CT molecular complexity index is 677. The Balaban J connectivity index is 1.68. The number of nitrogen functional groups attached to an aromatic ring is 1. The van der Waals surface area contributed by atoms with Crippen LogP contribution in [-0.2, 0) is 6.54 Å². The van der Waals surface area contributed by atoms with E-state index < -0.39 is 0 Å². The SMILES string of the molecule is Cc1cc(N2CCN(Cc3ccccc3)CC2)c(C)c(Cl)c1N. The normalized spacial score (nSPS) is 15.9. The summed E-state index contributed by atoms with van der Waals surface area (Å²) in [5.74, 6) is 0. The molecule has 122 valence electrons. The van der Waals surface area contributed by atoms with E-state index in [2.05, 4.69) is 53.1 Å². The quantitative estimate of drug-likeness (QED) is 0.868. The zero-order chi connectivity index (χ0) is 16.4. The van der Waals surface area contributed by atoms with E-state index in [-0.39, 0.29) is 0 Å². The number of halogens is 1. The Morgan fingerprint density at radius 2 is 1.70 bits per heavy atom. The molecule has 1 saturated heterocycles. The molecule has 0 spiro atoms. The van der Waals surface area contributed by atoms with Crippen LogP contribution in [0.3, 0.4) is 0 Å². The molecule has 2 N–H and O–H groups in total. The molecule has 0 amide bonds. The minimum Gasteiger partial charge on any atom is -0.397 e. The van der Waals surface area contributed by atoms with Gasteiger partial charge in [-0.05, 0) is 36.6 Å². The fourth-order valence-electron chi connectivity index (χ4n) is 3.20. The van der Waals surface area contributed by atoms with Crippen molar-refractivity contribution in [3.8, 4) is 0 Å². The lowest BCUT2D eigenvalue weighted by atomic mass is 10.1. The van der Waals surface area contributed by atoms with E-state index in [0.29, 0.717) is 10.7 Å². The highest BCUT2D eigenvalue weighted by Gasteiger charge is 2.20. The molecular weight excluding hydrogens is 306 g/mol. The minimum atomic E-state index is 0.701. The third kappa shape index (κ3) is 3.46. The second-order valence-corrected chi connectivity index (χ2v) is 6.69. The van der Waals surface area contributed by atoms with E-state index in [1.54, 1.807) is 0 Å². The smallest absolute Gasteiger partial charge is 0.0687 e. The van der Waals surface area contributed by atoms with Gasteiger partial charge in [0, 0.05) is 38.4 Å². The number of nitrogens with two attached hydrogens (primary N) is 1. The van der Waals surface area contributed by atoms with Crippen LogP contribution in [0.5, 0.6) is 0 Å². The molecule has 0 saturated carbocycles. The highest BCUT2D eigenvalue weighted by Crippen LogP contribution is 2.34. The van der Waals surface area contributed by atoms with Crippen LogP contribution in [0.1, 0.15) is 16.7 Å². The summed E-state index contributed by atoms with van der Waals surface area (Å²) in [5.41, 5.74) is 11.5. The first kappa shape index (κ1) is 16.2. The summed E-state index contributed by atoms with van der Waals surface area (Å²) in [6.07, 6.45) is 0. The van der Waals surface area contributed by atoms with E-state index >= 15 is 0 Å². The largest absolute Gasteiger partial charge is 0.397 e. The molecule has 3 nitrogen and oxygen atoms in total. The van der Waals surface area contributed by atoms with Gasteiger partial charge in [-0.3, -0.25) is 4.90 Å². The number of nitrogens with zero attached hydrogens (tertiary/aromatic N) is 2. The average molecular weight is 330 g/mol. The van der Waals surface area contributed by atoms with Gasteiger partial charge in [-0.25, -0.2) is 0 Å². The van der Waals surface area contributed by atoms with Gasteiger partial charge in [0.05, 0.1) is 10.7 Å². The van der Waals surface area contributed by atoms with Crippen molar-refractivity contribution < 1.29 is 0 Å². The fourth-order valence-corrected chi connectivity index (χ4v) is 3.44. The number of hydrogen-bond donors (Lipinski definition) is 1. The highest BCUT2D eigenvalue weighted by atomic mass is 35.5. The molecule has 2 aromatic rings. The summed E-state index contributed by atoms with van der Waals surface area (Å²) in [5, 5.41) is 0.701. The molecule has 0 aromatic heterocycles. The van der Waals surface area contributed by atoms with Crippen LogP contribution in [0.25, 0.3) is 0 Å². The molecule has 3 rings (SSSR count). The molecular formula is C19H24ClN3. The lowest BCUT2D eigenvalue weighted by Gasteiger charge is -2.37.